The molecule has 0 amide bonds. The Morgan fingerprint density at radius 1 is 0.941 bits per heavy atom. The summed E-state index contributed by atoms with van der Waals surface area (Å²) in [5.41, 5.74) is -0.569. The second-order valence-electron chi connectivity index (χ2n) is 4.52. The normalized spacial score (nSPS) is 18.1. The molecule has 0 atom stereocenters. The highest BCUT2D eigenvalue weighted by Crippen LogP contribution is 2.23. The van der Waals surface area contributed by atoms with Gasteiger partial charge in [0.05, 0.1) is 6.10 Å². The monoisotopic (exact) mass is 243 g/mol. The van der Waals surface area contributed by atoms with Crippen LogP contribution < -0.4 is 10.2 Å². The highest BCUT2D eigenvalue weighted by Gasteiger charge is 2.25. The summed E-state index contributed by atoms with van der Waals surface area (Å²) >= 11 is 0. The maximum atomic E-state index is 12.4. The van der Waals surface area contributed by atoms with Crippen LogP contribution in [0.3, 0.4) is 0 Å². The number of ether oxygens (including phenoxy) is 1. The van der Waals surface area contributed by atoms with Crippen molar-refractivity contribution in [1.82, 2.24) is 0 Å². The third-order valence-electron chi connectivity index (χ3n) is 3.11. The van der Waals surface area contributed by atoms with E-state index in [9.17, 15) is 12.9 Å². The quantitative estimate of drug-likeness (QED) is 0.738. The summed E-state index contributed by atoms with van der Waals surface area (Å²) in [7, 11) is 0. The SMILES string of the molecule is F[B-](F)(F)c1ccc(OC2CCCCC2)cc1. The number of benzene rings is 1. The van der Waals surface area contributed by atoms with Gasteiger partial charge in [0.1, 0.15) is 5.75 Å². The van der Waals surface area contributed by atoms with Crippen LogP contribution in [-0.4, -0.2) is 13.1 Å². The molecular formula is C12H15BF3O-. The Morgan fingerprint density at radius 2 is 1.53 bits per heavy atom. The molecule has 5 heteroatoms. The number of rotatable bonds is 3. The van der Waals surface area contributed by atoms with Crippen LogP contribution in [0.5, 0.6) is 5.75 Å². The van der Waals surface area contributed by atoms with Gasteiger partial charge < -0.3 is 17.7 Å². The number of hydrogen-bond acceptors (Lipinski definition) is 1. The van der Waals surface area contributed by atoms with E-state index in [1.54, 1.807) is 0 Å². The minimum Gasteiger partial charge on any atom is -0.490 e. The maximum absolute atomic E-state index is 12.4. The summed E-state index contributed by atoms with van der Waals surface area (Å²) in [6.07, 6.45) is 5.71. The van der Waals surface area contributed by atoms with Crippen molar-refractivity contribution in [1.29, 1.82) is 0 Å². The molecule has 1 aliphatic carbocycles. The molecule has 0 aromatic heterocycles. The minimum atomic E-state index is -4.90. The molecule has 0 bridgehead atoms. The van der Waals surface area contributed by atoms with Crippen LogP contribution in [0.15, 0.2) is 24.3 Å². The fourth-order valence-corrected chi connectivity index (χ4v) is 2.14. The molecule has 0 saturated heterocycles. The Labute approximate surface area is 99.0 Å². The van der Waals surface area contributed by atoms with Crippen molar-refractivity contribution in [2.75, 3.05) is 0 Å². The lowest BCUT2D eigenvalue weighted by Crippen LogP contribution is -2.33. The molecule has 0 heterocycles. The summed E-state index contributed by atoms with van der Waals surface area (Å²) in [5.74, 6) is 0.542. The van der Waals surface area contributed by atoms with Crippen molar-refractivity contribution in [3.63, 3.8) is 0 Å². The first kappa shape index (κ1) is 12.3. The van der Waals surface area contributed by atoms with Gasteiger partial charge in [-0.05, 0) is 37.8 Å². The van der Waals surface area contributed by atoms with Crippen LogP contribution in [0.1, 0.15) is 32.1 Å². The first-order chi connectivity index (χ1) is 8.05. The largest absolute Gasteiger partial charge is 0.509 e. The van der Waals surface area contributed by atoms with Gasteiger partial charge in [-0.1, -0.05) is 18.6 Å². The Morgan fingerprint density at radius 3 is 2.06 bits per heavy atom. The van der Waals surface area contributed by atoms with Gasteiger partial charge in [-0.15, -0.1) is 5.46 Å². The summed E-state index contributed by atoms with van der Waals surface area (Å²) in [6, 6.07) is 5.02. The van der Waals surface area contributed by atoms with Gasteiger partial charge in [0, 0.05) is 0 Å². The predicted octanol–water partition coefficient (Wildman–Crippen LogP) is 3.45. The summed E-state index contributed by atoms with van der Waals surface area (Å²) in [6.45, 7) is -4.90. The van der Waals surface area contributed by atoms with Gasteiger partial charge in [-0.25, -0.2) is 0 Å². The zero-order valence-electron chi connectivity index (χ0n) is 9.54. The van der Waals surface area contributed by atoms with Crippen molar-refractivity contribution in [2.24, 2.45) is 0 Å². The standard InChI is InChI=1S/C12H15BF3O/c14-13(15,16)10-6-8-12(9-7-10)17-11-4-2-1-3-5-11/h6-9,11H,1-5H2/q-1. The summed E-state index contributed by atoms with van der Waals surface area (Å²) in [5, 5.41) is 0. The molecule has 0 spiro atoms. The van der Waals surface area contributed by atoms with Crippen molar-refractivity contribution in [3.8, 4) is 5.75 Å². The second-order valence-corrected chi connectivity index (χ2v) is 4.52. The van der Waals surface area contributed by atoms with E-state index in [4.69, 9.17) is 4.74 Å². The van der Waals surface area contributed by atoms with Crippen LogP contribution in [0.25, 0.3) is 0 Å². The third kappa shape index (κ3) is 3.41. The minimum absolute atomic E-state index is 0.172. The third-order valence-corrected chi connectivity index (χ3v) is 3.11. The molecule has 0 aliphatic heterocycles. The smallest absolute Gasteiger partial charge is 0.490 e. The van der Waals surface area contributed by atoms with Crippen molar-refractivity contribution >= 4 is 12.4 Å². The molecule has 17 heavy (non-hydrogen) atoms. The van der Waals surface area contributed by atoms with E-state index < -0.39 is 12.4 Å². The first-order valence-corrected chi connectivity index (χ1v) is 6.02. The Hall–Kier alpha value is -1.13. The highest BCUT2D eigenvalue weighted by atomic mass is 19.4. The van der Waals surface area contributed by atoms with Gasteiger partial charge in [0.2, 0.25) is 0 Å². The van der Waals surface area contributed by atoms with Gasteiger partial charge >= 0.3 is 6.98 Å². The van der Waals surface area contributed by atoms with E-state index in [0.29, 0.717) is 5.75 Å². The van der Waals surface area contributed by atoms with Gasteiger partial charge in [-0.2, -0.15) is 0 Å². The molecule has 1 fully saturated rings. The van der Waals surface area contributed by atoms with Crippen LogP contribution >= 0.6 is 0 Å². The van der Waals surface area contributed by atoms with E-state index in [2.05, 4.69) is 0 Å². The van der Waals surface area contributed by atoms with Crippen LogP contribution in [0.4, 0.5) is 12.9 Å². The van der Waals surface area contributed by atoms with Crippen molar-refractivity contribution in [3.05, 3.63) is 24.3 Å². The van der Waals surface area contributed by atoms with E-state index in [-0.39, 0.29) is 6.10 Å². The van der Waals surface area contributed by atoms with Crippen LogP contribution in [0.2, 0.25) is 0 Å². The van der Waals surface area contributed by atoms with E-state index in [1.165, 1.54) is 18.6 Å². The van der Waals surface area contributed by atoms with Gasteiger partial charge in [-0.3, -0.25) is 0 Å². The fraction of sp³-hybridized carbons (Fsp3) is 0.500. The zero-order chi connectivity index (χ0) is 12.3. The second kappa shape index (κ2) is 5.02. The molecule has 1 aromatic carbocycles. The lowest BCUT2D eigenvalue weighted by atomic mass is 9.80. The van der Waals surface area contributed by atoms with Crippen molar-refractivity contribution in [2.45, 2.75) is 38.2 Å². The molecule has 2 rings (SSSR count). The average Bonchev–Trinajstić information content (AvgIpc) is 2.30. The summed E-state index contributed by atoms with van der Waals surface area (Å²) in [4.78, 5) is 0. The van der Waals surface area contributed by atoms with Crippen LogP contribution in [0, 0.1) is 0 Å². The predicted molar refractivity (Wildman–Crippen MR) is 62.7 cm³/mol. The molecule has 1 nitrogen and oxygen atoms in total. The molecule has 1 aliphatic rings. The summed E-state index contributed by atoms with van der Waals surface area (Å²) < 4.78 is 42.9. The number of halogens is 3. The molecular weight excluding hydrogens is 228 g/mol. The highest BCUT2D eigenvalue weighted by molar-refractivity contribution is 6.73. The van der Waals surface area contributed by atoms with E-state index in [0.717, 1.165) is 37.8 Å². The topological polar surface area (TPSA) is 9.23 Å². The van der Waals surface area contributed by atoms with E-state index >= 15 is 0 Å². The first-order valence-electron chi connectivity index (χ1n) is 6.02. The Balaban J connectivity index is 1.98. The number of hydrogen-bond donors (Lipinski definition) is 0. The van der Waals surface area contributed by atoms with Gasteiger partial charge in [0.15, 0.2) is 0 Å². The molecule has 1 saturated carbocycles. The van der Waals surface area contributed by atoms with Gasteiger partial charge in [0.25, 0.3) is 0 Å². The average molecular weight is 243 g/mol. The van der Waals surface area contributed by atoms with E-state index in [1.807, 2.05) is 0 Å². The molecule has 0 N–H and O–H groups in total. The maximum Gasteiger partial charge on any atom is 0.509 e. The molecule has 0 radical (unpaired) electrons. The lowest BCUT2D eigenvalue weighted by molar-refractivity contribution is 0.155. The van der Waals surface area contributed by atoms with Crippen molar-refractivity contribution < 1.29 is 17.7 Å². The Kier molecular flexibility index (Phi) is 3.65. The molecule has 1 aromatic rings. The Bertz CT molecular complexity index is 355. The lowest BCUT2D eigenvalue weighted by Gasteiger charge is -2.23. The molecule has 0 unspecified atom stereocenters. The zero-order valence-corrected chi connectivity index (χ0v) is 9.54. The fourth-order valence-electron chi connectivity index (χ4n) is 2.14. The molecule has 94 valence electrons. The van der Waals surface area contributed by atoms with Crippen LogP contribution in [-0.2, 0) is 0 Å².